The lowest BCUT2D eigenvalue weighted by Gasteiger charge is -2.32. The zero-order valence-electron chi connectivity index (χ0n) is 13.6. The molecule has 0 bridgehead atoms. The summed E-state index contributed by atoms with van der Waals surface area (Å²) < 4.78 is 5.79. The third-order valence-electron chi connectivity index (χ3n) is 3.96. The van der Waals surface area contributed by atoms with Crippen molar-refractivity contribution in [1.82, 2.24) is 20.2 Å². The van der Waals surface area contributed by atoms with Gasteiger partial charge in [-0.15, -0.1) is 0 Å². The number of carbonyl (C=O) groups is 1. The van der Waals surface area contributed by atoms with Crippen LogP contribution in [-0.4, -0.2) is 53.2 Å². The molecule has 1 aromatic carbocycles. The van der Waals surface area contributed by atoms with Crippen LogP contribution in [0.25, 0.3) is 0 Å². The van der Waals surface area contributed by atoms with Crippen molar-refractivity contribution < 1.29 is 9.53 Å². The minimum absolute atomic E-state index is 0.138. The number of anilines is 1. The van der Waals surface area contributed by atoms with Gasteiger partial charge in [-0.1, -0.05) is 18.2 Å². The van der Waals surface area contributed by atoms with E-state index in [9.17, 15) is 4.79 Å². The molecule has 128 valence electrons. The van der Waals surface area contributed by atoms with Crippen molar-refractivity contribution in [3.63, 3.8) is 0 Å². The molecule has 0 unspecified atom stereocenters. The molecule has 3 rings (SSSR count). The first kappa shape index (κ1) is 16.5. The number of H-pyrrole nitrogens is 1. The van der Waals surface area contributed by atoms with Gasteiger partial charge in [0.25, 0.3) is 0 Å². The average Bonchev–Trinajstić information content (AvgIpc) is 3.09. The van der Waals surface area contributed by atoms with Crippen LogP contribution in [0.4, 0.5) is 10.5 Å². The van der Waals surface area contributed by atoms with Gasteiger partial charge in [0.2, 0.25) is 0 Å². The van der Waals surface area contributed by atoms with Gasteiger partial charge in [0.15, 0.2) is 0 Å². The minimum atomic E-state index is -0.189. The summed E-state index contributed by atoms with van der Waals surface area (Å²) in [6, 6.07) is 9.22. The molecule has 24 heavy (non-hydrogen) atoms. The van der Waals surface area contributed by atoms with Gasteiger partial charge in [0, 0.05) is 43.8 Å². The molecule has 0 radical (unpaired) electrons. The van der Waals surface area contributed by atoms with Gasteiger partial charge in [0.1, 0.15) is 0 Å². The van der Waals surface area contributed by atoms with E-state index in [2.05, 4.69) is 25.5 Å². The molecular weight excluding hydrogens is 306 g/mol. The summed E-state index contributed by atoms with van der Waals surface area (Å²) in [7, 11) is 0. The summed E-state index contributed by atoms with van der Waals surface area (Å²) in [5.41, 5.74) is 1.89. The van der Waals surface area contributed by atoms with Crippen molar-refractivity contribution in [3.05, 3.63) is 48.5 Å². The second kappa shape index (κ2) is 8.47. The van der Waals surface area contributed by atoms with Crippen LogP contribution in [0.3, 0.4) is 0 Å². The largest absolute Gasteiger partial charge is 0.375 e. The number of imidazole rings is 1. The Bertz CT molecular complexity index is 617. The van der Waals surface area contributed by atoms with Gasteiger partial charge >= 0.3 is 6.03 Å². The fourth-order valence-electron chi connectivity index (χ4n) is 2.75. The number of urea groups is 1. The Morgan fingerprint density at radius 1 is 1.38 bits per heavy atom. The van der Waals surface area contributed by atoms with Gasteiger partial charge in [0.05, 0.1) is 19.0 Å². The van der Waals surface area contributed by atoms with E-state index in [4.69, 9.17) is 4.74 Å². The number of aromatic amines is 1. The third kappa shape index (κ3) is 5.07. The number of nitrogens with zero attached hydrogens (tertiary/aromatic N) is 2. The number of benzene rings is 1. The first-order chi connectivity index (χ1) is 11.8. The third-order valence-corrected chi connectivity index (χ3v) is 3.96. The first-order valence-electron chi connectivity index (χ1n) is 8.21. The topological polar surface area (TPSA) is 82.3 Å². The molecule has 1 aliphatic rings. The molecule has 7 nitrogen and oxygen atoms in total. The highest BCUT2D eigenvalue weighted by atomic mass is 16.5. The summed E-state index contributed by atoms with van der Waals surface area (Å²) in [6.45, 7) is 3.93. The van der Waals surface area contributed by atoms with E-state index >= 15 is 0 Å². The number of aromatic nitrogens is 2. The quantitative estimate of drug-likeness (QED) is 0.755. The fourth-order valence-corrected chi connectivity index (χ4v) is 2.75. The van der Waals surface area contributed by atoms with Crippen molar-refractivity contribution in [2.45, 2.75) is 19.1 Å². The number of ether oxygens (including phenoxy) is 1. The lowest BCUT2D eigenvalue weighted by Crippen LogP contribution is -2.43. The molecule has 2 heterocycles. The second-order valence-corrected chi connectivity index (χ2v) is 5.84. The maximum absolute atomic E-state index is 11.8. The molecule has 1 aromatic heterocycles. The van der Waals surface area contributed by atoms with Crippen molar-refractivity contribution in [2.24, 2.45) is 0 Å². The van der Waals surface area contributed by atoms with Crippen LogP contribution in [-0.2, 0) is 11.3 Å². The molecule has 0 spiro atoms. The monoisotopic (exact) mass is 329 g/mol. The SMILES string of the molecule is O=C(NCC[C@@H]1CN(Cc2cnc[nH]2)CCO1)Nc1ccccc1. The molecule has 7 heteroatoms. The van der Waals surface area contributed by atoms with Crippen LogP contribution >= 0.6 is 0 Å². The Morgan fingerprint density at radius 3 is 3.04 bits per heavy atom. The van der Waals surface area contributed by atoms with E-state index in [0.29, 0.717) is 6.54 Å². The summed E-state index contributed by atoms with van der Waals surface area (Å²) >= 11 is 0. The highest BCUT2D eigenvalue weighted by Crippen LogP contribution is 2.11. The van der Waals surface area contributed by atoms with Crippen molar-refractivity contribution in [2.75, 3.05) is 31.6 Å². The van der Waals surface area contributed by atoms with Gasteiger partial charge in [-0.25, -0.2) is 9.78 Å². The van der Waals surface area contributed by atoms with Crippen LogP contribution in [0, 0.1) is 0 Å². The van der Waals surface area contributed by atoms with E-state index < -0.39 is 0 Å². The number of hydrogen-bond donors (Lipinski definition) is 3. The van der Waals surface area contributed by atoms with Gasteiger partial charge in [-0.2, -0.15) is 0 Å². The number of rotatable bonds is 6. The van der Waals surface area contributed by atoms with Crippen molar-refractivity contribution >= 4 is 11.7 Å². The molecular formula is C17H23N5O2. The number of hydrogen-bond acceptors (Lipinski definition) is 4. The molecule has 1 aliphatic heterocycles. The highest BCUT2D eigenvalue weighted by molar-refractivity contribution is 5.89. The Balaban J connectivity index is 1.36. The molecule has 1 saturated heterocycles. The van der Waals surface area contributed by atoms with Gasteiger partial charge in [-0.3, -0.25) is 4.90 Å². The number of amides is 2. The van der Waals surface area contributed by atoms with Crippen molar-refractivity contribution in [1.29, 1.82) is 0 Å². The summed E-state index contributed by atoms with van der Waals surface area (Å²) in [6.07, 6.45) is 4.48. The number of morpholine rings is 1. The van der Waals surface area contributed by atoms with Gasteiger partial charge < -0.3 is 20.4 Å². The highest BCUT2D eigenvalue weighted by Gasteiger charge is 2.20. The predicted octanol–water partition coefficient (Wildman–Crippen LogP) is 1.82. The van der Waals surface area contributed by atoms with E-state index in [1.807, 2.05) is 36.5 Å². The van der Waals surface area contributed by atoms with Crippen LogP contribution < -0.4 is 10.6 Å². The Kier molecular flexibility index (Phi) is 5.81. The van der Waals surface area contributed by atoms with E-state index in [1.165, 1.54) is 0 Å². The van der Waals surface area contributed by atoms with Crippen molar-refractivity contribution in [3.8, 4) is 0 Å². The lowest BCUT2D eigenvalue weighted by atomic mass is 10.2. The number of para-hydroxylation sites is 1. The zero-order chi connectivity index (χ0) is 16.6. The molecule has 1 fully saturated rings. The summed E-state index contributed by atoms with van der Waals surface area (Å²) in [4.78, 5) is 21.3. The number of nitrogens with one attached hydrogen (secondary N) is 3. The Hall–Kier alpha value is -2.38. The maximum Gasteiger partial charge on any atom is 0.319 e. The smallest absolute Gasteiger partial charge is 0.319 e. The fraction of sp³-hybridized carbons (Fsp3) is 0.412. The first-order valence-corrected chi connectivity index (χ1v) is 8.21. The van der Waals surface area contributed by atoms with E-state index in [-0.39, 0.29) is 12.1 Å². The summed E-state index contributed by atoms with van der Waals surface area (Å²) in [5, 5.41) is 5.68. The minimum Gasteiger partial charge on any atom is -0.375 e. The lowest BCUT2D eigenvalue weighted by molar-refractivity contribution is -0.0343. The second-order valence-electron chi connectivity index (χ2n) is 5.84. The van der Waals surface area contributed by atoms with Crippen LogP contribution in [0.1, 0.15) is 12.1 Å². The van der Waals surface area contributed by atoms with Crippen LogP contribution in [0.15, 0.2) is 42.9 Å². The van der Waals surface area contributed by atoms with E-state index in [1.54, 1.807) is 6.33 Å². The van der Waals surface area contributed by atoms with Crippen LogP contribution in [0.5, 0.6) is 0 Å². The average molecular weight is 329 g/mol. The van der Waals surface area contributed by atoms with E-state index in [0.717, 1.165) is 44.0 Å². The number of carbonyl (C=O) groups excluding carboxylic acids is 1. The Labute approximate surface area is 141 Å². The van der Waals surface area contributed by atoms with Gasteiger partial charge in [-0.05, 0) is 18.6 Å². The molecule has 0 saturated carbocycles. The molecule has 0 aliphatic carbocycles. The molecule has 1 atom stereocenters. The zero-order valence-corrected chi connectivity index (χ0v) is 13.6. The molecule has 2 aromatic rings. The normalized spacial score (nSPS) is 18.2. The summed E-state index contributed by atoms with van der Waals surface area (Å²) in [5.74, 6) is 0. The Morgan fingerprint density at radius 2 is 2.25 bits per heavy atom. The van der Waals surface area contributed by atoms with Crippen LogP contribution in [0.2, 0.25) is 0 Å². The standard InChI is InChI=1S/C17H23N5O2/c23-17(21-14-4-2-1-3-5-14)19-7-6-16-12-22(8-9-24-16)11-15-10-18-13-20-15/h1-5,10,13,16H,6-9,11-12H2,(H,18,20)(H2,19,21,23)/t16-/m1/s1. The predicted molar refractivity (Wildman–Crippen MR) is 91.7 cm³/mol. The maximum atomic E-state index is 11.8. The molecule has 2 amide bonds. The molecule has 3 N–H and O–H groups in total.